The lowest BCUT2D eigenvalue weighted by atomic mass is 9.96. The first-order chi connectivity index (χ1) is 19.4. The van der Waals surface area contributed by atoms with E-state index in [1.54, 1.807) is 24.0 Å². The quantitative estimate of drug-likeness (QED) is 0.239. The van der Waals surface area contributed by atoms with E-state index in [1.165, 1.54) is 11.8 Å². The Bertz CT molecular complexity index is 1500. The molecule has 206 valence electrons. The standard InChI is InChI=1S/C32H33N3O4S/c1-22(2)34(31(37)21-40-24-11-6-5-7-12-24)20-30(36)35-27-14-9-8-13-26(27)33-18-10-15-28(33)32(35)25-19-23(38-3)16-17-29(25)39-4/h5-19,22,32H,20-21H2,1-4H3. The van der Waals surface area contributed by atoms with E-state index < -0.39 is 6.04 Å². The molecule has 4 aromatic rings. The van der Waals surface area contributed by atoms with Gasteiger partial charge in [-0.2, -0.15) is 0 Å². The molecule has 0 fully saturated rings. The van der Waals surface area contributed by atoms with E-state index in [4.69, 9.17) is 9.47 Å². The van der Waals surface area contributed by atoms with Crippen molar-refractivity contribution in [3.05, 3.63) is 102 Å². The van der Waals surface area contributed by atoms with E-state index in [9.17, 15) is 9.59 Å². The van der Waals surface area contributed by atoms with Crippen molar-refractivity contribution in [2.45, 2.75) is 30.8 Å². The number of fused-ring (bicyclic) bond motifs is 3. The van der Waals surface area contributed by atoms with E-state index in [0.29, 0.717) is 11.5 Å². The maximum atomic E-state index is 14.4. The van der Waals surface area contributed by atoms with Crippen LogP contribution in [0.2, 0.25) is 0 Å². The normalized spacial score (nSPS) is 13.9. The van der Waals surface area contributed by atoms with Crippen molar-refractivity contribution in [2.24, 2.45) is 0 Å². The van der Waals surface area contributed by atoms with Crippen LogP contribution in [0, 0.1) is 0 Å². The van der Waals surface area contributed by atoms with Crippen LogP contribution in [0.3, 0.4) is 0 Å². The Hall–Kier alpha value is -4.17. The zero-order valence-corrected chi connectivity index (χ0v) is 23.9. The molecule has 3 aromatic carbocycles. The lowest BCUT2D eigenvalue weighted by Gasteiger charge is -2.40. The van der Waals surface area contributed by atoms with Gasteiger partial charge in [0, 0.05) is 22.7 Å². The topological polar surface area (TPSA) is 64.0 Å². The van der Waals surface area contributed by atoms with Gasteiger partial charge in [-0.15, -0.1) is 11.8 Å². The third-order valence-electron chi connectivity index (χ3n) is 7.07. The first kappa shape index (κ1) is 27.4. The first-order valence-electron chi connectivity index (χ1n) is 13.2. The average Bonchev–Trinajstić information content (AvgIpc) is 3.48. The van der Waals surface area contributed by atoms with Gasteiger partial charge in [0.25, 0.3) is 0 Å². The lowest BCUT2D eigenvalue weighted by Crippen LogP contribution is -2.49. The van der Waals surface area contributed by atoms with Crippen molar-refractivity contribution in [3.63, 3.8) is 0 Å². The number of ether oxygens (including phenoxy) is 2. The maximum absolute atomic E-state index is 14.4. The molecule has 7 nitrogen and oxygen atoms in total. The van der Waals surface area contributed by atoms with Crippen LogP contribution in [0.1, 0.15) is 31.1 Å². The third-order valence-corrected chi connectivity index (χ3v) is 8.07. The highest BCUT2D eigenvalue weighted by molar-refractivity contribution is 8.00. The molecule has 0 aliphatic carbocycles. The highest BCUT2D eigenvalue weighted by Gasteiger charge is 2.38. The van der Waals surface area contributed by atoms with Gasteiger partial charge in [0.05, 0.1) is 37.0 Å². The molecule has 1 unspecified atom stereocenters. The van der Waals surface area contributed by atoms with Crippen LogP contribution in [0.15, 0.2) is 96.0 Å². The van der Waals surface area contributed by atoms with Gasteiger partial charge in [-0.1, -0.05) is 30.3 Å². The number of nitrogens with zero attached hydrogens (tertiary/aromatic N) is 3. The van der Waals surface area contributed by atoms with Gasteiger partial charge in [-0.3, -0.25) is 14.5 Å². The van der Waals surface area contributed by atoms with Crippen molar-refractivity contribution >= 4 is 29.3 Å². The zero-order valence-electron chi connectivity index (χ0n) is 23.1. The number of hydrogen-bond donors (Lipinski definition) is 0. The van der Waals surface area contributed by atoms with Crippen LogP contribution in [0.4, 0.5) is 5.69 Å². The summed E-state index contributed by atoms with van der Waals surface area (Å²) in [5.74, 6) is 1.30. The zero-order chi connectivity index (χ0) is 28.2. The van der Waals surface area contributed by atoms with E-state index in [2.05, 4.69) is 4.57 Å². The minimum absolute atomic E-state index is 0.0519. The predicted octanol–water partition coefficient (Wildman–Crippen LogP) is 5.96. The number of anilines is 1. The second kappa shape index (κ2) is 11.9. The summed E-state index contributed by atoms with van der Waals surface area (Å²) in [4.78, 5) is 32.3. The first-order valence-corrected chi connectivity index (χ1v) is 14.2. The minimum Gasteiger partial charge on any atom is -0.497 e. The van der Waals surface area contributed by atoms with E-state index in [1.807, 2.05) is 105 Å². The highest BCUT2D eigenvalue weighted by Crippen LogP contribution is 2.45. The number of methoxy groups -OCH3 is 2. The van der Waals surface area contributed by atoms with Crippen molar-refractivity contribution in [2.75, 3.05) is 31.4 Å². The molecule has 0 radical (unpaired) electrons. The SMILES string of the molecule is COc1ccc(OC)c(C2c3cccn3-c3ccccc3N2C(=O)CN(C(=O)CSc2ccccc2)C(C)C)c1. The van der Waals surface area contributed by atoms with E-state index in [0.717, 1.165) is 27.5 Å². The summed E-state index contributed by atoms with van der Waals surface area (Å²) in [6.07, 6.45) is 2.00. The van der Waals surface area contributed by atoms with Crippen LogP contribution < -0.4 is 14.4 Å². The fraction of sp³-hybridized carbons (Fsp3) is 0.250. The predicted molar refractivity (Wildman–Crippen MR) is 159 cm³/mol. The molecule has 0 saturated heterocycles. The van der Waals surface area contributed by atoms with Crippen molar-refractivity contribution < 1.29 is 19.1 Å². The molecule has 40 heavy (non-hydrogen) atoms. The largest absolute Gasteiger partial charge is 0.497 e. The molecule has 2 heterocycles. The monoisotopic (exact) mass is 555 g/mol. The summed E-state index contributed by atoms with van der Waals surface area (Å²) in [7, 11) is 3.24. The average molecular weight is 556 g/mol. The van der Waals surface area contributed by atoms with Crippen molar-refractivity contribution in [3.8, 4) is 17.2 Å². The number of carbonyl (C=O) groups excluding carboxylic acids is 2. The maximum Gasteiger partial charge on any atom is 0.247 e. The van der Waals surface area contributed by atoms with Crippen LogP contribution in [-0.2, 0) is 9.59 Å². The molecule has 1 aliphatic rings. The molecule has 1 aromatic heterocycles. The summed E-state index contributed by atoms with van der Waals surface area (Å²) in [5.41, 5.74) is 3.38. The van der Waals surface area contributed by atoms with Crippen molar-refractivity contribution in [1.82, 2.24) is 9.47 Å². The van der Waals surface area contributed by atoms with Gasteiger partial charge >= 0.3 is 0 Å². The number of hydrogen-bond acceptors (Lipinski definition) is 5. The molecule has 1 atom stereocenters. The van der Waals surface area contributed by atoms with Gasteiger partial charge in [0.1, 0.15) is 24.1 Å². The molecule has 8 heteroatoms. The molecular formula is C32H33N3O4S. The second-order valence-corrected chi connectivity index (χ2v) is 10.8. The van der Waals surface area contributed by atoms with Crippen LogP contribution in [0.25, 0.3) is 5.69 Å². The minimum atomic E-state index is -0.495. The number of para-hydroxylation sites is 2. The summed E-state index contributed by atoms with van der Waals surface area (Å²) >= 11 is 1.47. The highest BCUT2D eigenvalue weighted by atomic mass is 32.2. The summed E-state index contributed by atoms with van der Waals surface area (Å²) in [6, 6.07) is 26.6. The fourth-order valence-electron chi connectivity index (χ4n) is 5.13. The molecule has 0 saturated carbocycles. The summed E-state index contributed by atoms with van der Waals surface area (Å²) in [6.45, 7) is 3.83. The molecular weight excluding hydrogens is 522 g/mol. The van der Waals surface area contributed by atoms with Crippen LogP contribution >= 0.6 is 11.8 Å². The van der Waals surface area contributed by atoms with E-state index in [-0.39, 0.29) is 30.2 Å². The number of aromatic nitrogens is 1. The number of rotatable bonds is 9. The Morgan fingerprint density at radius 3 is 2.33 bits per heavy atom. The van der Waals surface area contributed by atoms with Crippen LogP contribution in [0.5, 0.6) is 11.5 Å². The lowest BCUT2D eigenvalue weighted by molar-refractivity contribution is -0.134. The number of benzene rings is 3. The number of thioether (sulfide) groups is 1. The molecule has 1 aliphatic heterocycles. The Labute approximate surface area is 239 Å². The Morgan fingerprint density at radius 2 is 1.62 bits per heavy atom. The third kappa shape index (κ3) is 5.31. The molecule has 2 amide bonds. The summed E-state index contributed by atoms with van der Waals surface area (Å²) in [5, 5.41) is 0. The van der Waals surface area contributed by atoms with Gasteiger partial charge in [0.15, 0.2) is 0 Å². The summed E-state index contributed by atoms with van der Waals surface area (Å²) < 4.78 is 13.4. The fourth-order valence-corrected chi connectivity index (χ4v) is 5.94. The smallest absolute Gasteiger partial charge is 0.247 e. The second-order valence-electron chi connectivity index (χ2n) is 9.78. The van der Waals surface area contributed by atoms with Gasteiger partial charge < -0.3 is 18.9 Å². The van der Waals surface area contributed by atoms with Crippen molar-refractivity contribution in [1.29, 1.82) is 0 Å². The molecule has 0 spiro atoms. The van der Waals surface area contributed by atoms with Gasteiger partial charge in [0.2, 0.25) is 11.8 Å². The van der Waals surface area contributed by atoms with Crippen LogP contribution in [-0.4, -0.2) is 53.8 Å². The molecule has 0 N–H and O–H groups in total. The molecule has 0 bridgehead atoms. The van der Waals surface area contributed by atoms with Gasteiger partial charge in [-0.25, -0.2) is 0 Å². The molecule has 5 rings (SSSR count). The van der Waals surface area contributed by atoms with E-state index >= 15 is 0 Å². The number of amides is 2. The Kier molecular flexibility index (Phi) is 8.16. The number of carbonyl (C=O) groups is 2. The Balaban J connectivity index is 1.53. The Morgan fingerprint density at radius 1 is 0.900 bits per heavy atom. The van der Waals surface area contributed by atoms with Gasteiger partial charge in [-0.05, 0) is 68.4 Å².